The quantitative estimate of drug-likeness (QED) is 0.769. The highest BCUT2D eigenvalue weighted by atomic mass is 16.5. The predicted molar refractivity (Wildman–Crippen MR) is 64.5 cm³/mol. The van der Waals surface area contributed by atoms with Gasteiger partial charge in [0.1, 0.15) is 0 Å². The maximum atomic E-state index is 5.46. The van der Waals surface area contributed by atoms with E-state index in [0.29, 0.717) is 25.0 Å². The molecule has 1 N–H and O–H groups in total. The molecule has 86 valence electrons. The van der Waals surface area contributed by atoms with Crippen molar-refractivity contribution in [3.63, 3.8) is 0 Å². The smallest absolute Gasteiger partial charge is 0.226 e. The van der Waals surface area contributed by atoms with Crippen LogP contribution in [0, 0.1) is 18.8 Å². The summed E-state index contributed by atoms with van der Waals surface area (Å²) in [5.74, 6) is 6.88. The minimum Gasteiger partial charge on any atom is -0.478 e. The minimum absolute atomic E-state index is 0.549. The van der Waals surface area contributed by atoms with Gasteiger partial charge in [0.2, 0.25) is 11.8 Å². The standard InChI is InChI=1S/C12H17N3O/c1-4-6-7-13-12-14-10(3)9-11(15-12)16-8-5-2/h9H,5,7-8H2,1-3H3,(H,13,14,15). The third kappa shape index (κ3) is 4.18. The summed E-state index contributed by atoms with van der Waals surface area (Å²) in [6.45, 7) is 6.99. The second-order valence-corrected chi connectivity index (χ2v) is 3.30. The summed E-state index contributed by atoms with van der Waals surface area (Å²) in [7, 11) is 0. The Balaban J connectivity index is 2.67. The lowest BCUT2D eigenvalue weighted by atomic mass is 10.4. The van der Waals surface area contributed by atoms with Crippen LogP contribution >= 0.6 is 0 Å². The van der Waals surface area contributed by atoms with Crippen LogP contribution in [-0.4, -0.2) is 23.1 Å². The van der Waals surface area contributed by atoms with Crippen LogP contribution in [0.4, 0.5) is 5.95 Å². The summed E-state index contributed by atoms with van der Waals surface area (Å²) in [6.07, 6.45) is 0.965. The van der Waals surface area contributed by atoms with E-state index < -0.39 is 0 Å². The Bertz CT molecular complexity index is 393. The zero-order valence-electron chi connectivity index (χ0n) is 10.0. The van der Waals surface area contributed by atoms with E-state index in [0.717, 1.165) is 12.1 Å². The summed E-state index contributed by atoms with van der Waals surface area (Å²) in [5, 5.41) is 3.03. The van der Waals surface area contributed by atoms with Gasteiger partial charge in [0.25, 0.3) is 0 Å². The van der Waals surface area contributed by atoms with Crippen molar-refractivity contribution in [3.8, 4) is 17.7 Å². The van der Waals surface area contributed by atoms with Gasteiger partial charge in [-0.15, -0.1) is 5.92 Å². The molecule has 4 nitrogen and oxygen atoms in total. The largest absolute Gasteiger partial charge is 0.478 e. The monoisotopic (exact) mass is 219 g/mol. The second-order valence-electron chi connectivity index (χ2n) is 3.30. The molecule has 1 heterocycles. The van der Waals surface area contributed by atoms with E-state index in [1.165, 1.54) is 0 Å². The van der Waals surface area contributed by atoms with E-state index >= 15 is 0 Å². The maximum absolute atomic E-state index is 5.46. The molecule has 1 rings (SSSR count). The number of hydrogen-bond donors (Lipinski definition) is 1. The Morgan fingerprint density at radius 3 is 2.94 bits per heavy atom. The number of nitrogens with zero attached hydrogens (tertiary/aromatic N) is 2. The second kappa shape index (κ2) is 6.67. The van der Waals surface area contributed by atoms with Crippen LogP contribution in [0.5, 0.6) is 5.88 Å². The highest BCUT2D eigenvalue weighted by Crippen LogP contribution is 2.11. The van der Waals surface area contributed by atoms with Crippen molar-refractivity contribution in [1.29, 1.82) is 0 Å². The van der Waals surface area contributed by atoms with Crippen LogP contribution in [0.3, 0.4) is 0 Å². The first-order chi connectivity index (χ1) is 7.76. The average molecular weight is 219 g/mol. The lowest BCUT2D eigenvalue weighted by molar-refractivity contribution is 0.305. The van der Waals surface area contributed by atoms with E-state index in [9.17, 15) is 0 Å². The average Bonchev–Trinajstić information content (AvgIpc) is 2.26. The van der Waals surface area contributed by atoms with Gasteiger partial charge in [-0.3, -0.25) is 0 Å². The van der Waals surface area contributed by atoms with Crippen molar-refractivity contribution in [2.24, 2.45) is 0 Å². The molecule has 1 aromatic rings. The van der Waals surface area contributed by atoms with Gasteiger partial charge in [0, 0.05) is 11.8 Å². The Morgan fingerprint density at radius 1 is 1.44 bits per heavy atom. The van der Waals surface area contributed by atoms with Crippen LogP contribution in [0.1, 0.15) is 26.0 Å². The normalized spacial score (nSPS) is 9.19. The molecule has 0 radical (unpaired) electrons. The van der Waals surface area contributed by atoms with Crippen molar-refractivity contribution in [2.45, 2.75) is 27.2 Å². The highest BCUT2D eigenvalue weighted by Gasteiger charge is 2.01. The molecule has 0 saturated heterocycles. The van der Waals surface area contributed by atoms with Gasteiger partial charge in [0.05, 0.1) is 13.2 Å². The first-order valence-electron chi connectivity index (χ1n) is 5.38. The molecule has 0 aromatic carbocycles. The summed E-state index contributed by atoms with van der Waals surface area (Å²) in [4.78, 5) is 8.47. The summed E-state index contributed by atoms with van der Waals surface area (Å²) >= 11 is 0. The number of rotatable bonds is 5. The van der Waals surface area contributed by atoms with E-state index in [2.05, 4.69) is 34.0 Å². The Kier molecular flexibility index (Phi) is 5.13. The van der Waals surface area contributed by atoms with Crippen LogP contribution in [0.2, 0.25) is 0 Å². The van der Waals surface area contributed by atoms with Crippen LogP contribution < -0.4 is 10.1 Å². The van der Waals surface area contributed by atoms with Crippen LogP contribution in [0.15, 0.2) is 6.07 Å². The van der Waals surface area contributed by atoms with Gasteiger partial charge in [-0.2, -0.15) is 4.98 Å². The van der Waals surface area contributed by atoms with E-state index in [1.807, 2.05) is 13.0 Å². The lowest BCUT2D eigenvalue weighted by Gasteiger charge is -2.07. The van der Waals surface area contributed by atoms with Gasteiger partial charge >= 0.3 is 0 Å². The lowest BCUT2D eigenvalue weighted by Crippen LogP contribution is -2.06. The molecule has 16 heavy (non-hydrogen) atoms. The molecule has 0 unspecified atom stereocenters. The van der Waals surface area contributed by atoms with Crippen molar-refractivity contribution < 1.29 is 4.74 Å². The Morgan fingerprint density at radius 2 is 2.25 bits per heavy atom. The summed E-state index contributed by atoms with van der Waals surface area (Å²) in [5.41, 5.74) is 0.882. The molecule has 0 aliphatic carbocycles. The SMILES string of the molecule is CC#CCNc1nc(C)cc(OCCC)n1. The molecular weight excluding hydrogens is 202 g/mol. The Labute approximate surface area is 96.5 Å². The predicted octanol–water partition coefficient (Wildman–Crippen LogP) is 2.01. The van der Waals surface area contributed by atoms with Crippen molar-refractivity contribution in [2.75, 3.05) is 18.5 Å². The van der Waals surface area contributed by atoms with Gasteiger partial charge < -0.3 is 10.1 Å². The third-order valence-corrected chi connectivity index (χ3v) is 1.80. The fourth-order valence-electron chi connectivity index (χ4n) is 1.11. The topological polar surface area (TPSA) is 47.0 Å². The number of ether oxygens (including phenoxy) is 1. The van der Waals surface area contributed by atoms with Crippen molar-refractivity contribution >= 4 is 5.95 Å². The number of anilines is 1. The molecule has 1 aromatic heterocycles. The fourth-order valence-corrected chi connectivity index (χ4v) is 1.11. The van der Waals surface area contributed by atoms with Crippen LogP contribution in [0.25, 0.3) is 0 Å². The van der Waals surface area contributed by atoms with Crippen molar-refractivity contribution in [3.05, 3.63) is 11.8 Å². The van der Waals surface area contributed by atoms with Crippen LogP contribution in [-0.2, 0) is 0 Å². The first-order valence-corrected chi connectivity index (χ1v) is 5.38. The van der Waals surface area contributed by atoms with Gasteiger partial charge in [-0.25, -0.2) is 4.98 Å². The molecule has 0 spiro atoms. The third-order valence-electron chi connectivity index (χ3n) is 1.80. The van der Waals surface area contributed by atoms with E-state index in [1.54, 1.807) is 6.92 Å². The van der Waals surface area contributed by atoms with Crippen molar-refractivity contribution in [1.82, 2.24) is 9.97 Å². The van der Waals surface area contributed by atoms with Gasteiger partial charge in [0.15, 0.2) is 0 Å². The molecule has 0 fully saturated rings. The van der Waals surface area contributed by atoms with Gasteiger partial charge in [-0.05, 0) is 20.3 Å². The molecule has 4 heteroatoms. The maximum Gasteiger partial charge on any atom is 0.226 e. The first kappa shape index (κ1) is 12.3. The molecular formula is C12H17N3O. The Hall–Kier alpha value is -1.76. The molecule has 0 atom stereocenters. The van der Waals surface area contributed by atoms with E-state index in [-0.39, 0.29) is 0 Å². The van der Waals surface area contributed by atoms with E-state index in [4.69, 9.17) is 4.74 Å². The molecule has 0 saturated carbocycles. The summed E-state index contributed by atoms with van der Waals surface area (Å²) < 4.78 is 5.46. The number of aromatic nitrogens is 2. The zero-order valence-corrected chi connectivity index (χ0v) is 10.0. The minimum atomic E-state index is 0.549. The molecule has 0 aliphatic heterocycles. The fraction of sp³-hybridized carbons (Fsp3) is 0.500. The number of nitrogens with one attached hydrogen (secondary N) is 1. The highest BCUT2D eigenvalue weighted by molar-refractivity contribution is 5.32. The molecule has 0 amide bonds. The van der Waals surface area contributed by atoms with Gasteiger partial charge in [-0.1, -0.05) is 12.8 Å². The number of aryl methyl sites for hydroxylation is 1. The zero-order chi connectivity index (χ0) is 11.8. The molecule has 0 bridgehead atoms. The molecule has 0 aliphatic rings. The number of hydrogen-bond acceptors (Lipinski definition) is 4. The summed E-state index contributed by atoms with van der Waals surface area (Å²) in [6, 6.07) is 1.83.